The molecule has 1 atom stereocenters. The molecule has 3 aromatic rings. The third-order valence-electron chi connectivity index (χ3n) is 5.44. The number of hydrogen-bond acceptors (Lipinski definition) is 6. The first-order chi connectivity index (χ1) is 14.3. The number of anilines is 1. The third-order valence-corrected chi connectivity index (χ3v) is 8.67. The first-order valence-corrected chi connectivity index (χ1v) is 12.0. The van der Waals surface area contributed by atoms with E-state index in [1.807, 2.05) is 38.1 Å². The van der Waals surface area contributed by atoms with Crippen LogP contribution in [0.5, 0.6) is 0 Å². The summed E-state index contributed by atoms with van der Waals surface area (Å²) in [5, 5.41) is 0.566. The summed E-state index contributed by atoms with van der Waals surface area (Å²) in [7, 11) is -2.59. The molecule has 1 aromatic heterocycles. The molecular formula is C22H24N2O4S2. The van der Waals surface area contributed by atoms with Crippen LogP contribution in [-0.4, -0.2) is 51.5 Å². The van der Waals surface area contributed by atoms with E-state index in [-0.39, 0.29) is 15.8 Å². The second-order valence-electron chi connectivity index (χ2n) is 7.49. The molecular weight excluding hydrogens is 420 g/mol. The number of piperazine rings is 1. The number of methoxy groups -OCH3 is 1. The molecule has 1 saturated heterocycles. The van der Waals surface area contributed by atoms with Crippen LogP contribution in [0.3, 0.4) is 0 Å². The predicted molar refractivity (Wildman–Crippen MR) is 120 cm³/mol. The molecule has 0 bridgehead atoms. The molecule has 6 nitrogen and oxygen atoms in total. The molecule has 2 aromatic carbocycles. The quantitative estimate of drug-likeness (QED) is 0.571. The molecule has 1 aliphatic heterocycles. The zero-order valence-electron chi connectivity index (χ0n) is 17.2. The fourth-order valence-electron chi connectivity index (χ4n) is 3.97. The van der Waals surface area contributed by atoms with Crippen molar-refractivity contribution >= 4 is 43.1 Å². The monoisotopic (exact) mass is 444 g/mol. The molecule has 0 amide bonds. The van der Waals surface area contributed by atoms with Gasteiger partial charge in [-0.3, -0.25) is 0 Å². The van der Waals surface area contributed by atoms with Gasteiger partial charge in [-0.2, -0.15) is 4.31 Å². The number of fused-ring (bicyclic) bond motifs is 1. The highest BCUT2D eigenvalue weighted by molar-refractivity contribution is 7.89. The SMILES string of the molecule is COC(=O)c1sc2ccccc2c1S(=O)(=O)N1CCN(c2cccc(C)c2)[C@@H](C)C1. The standard InChI is InChI=1S/C22H24N2O4S2/c1-15-7-6-8-17(13-15)24-12-11-23(14-16(24)2)30(26,27)21-18-9-4-5-10-19(18)29-20(21)22(25)28-3/h4-10,13,16H,11-12,14H2,1-3H3/t16-/m0/s1. The van der Waals surface area contributed by atoms with E-state index >= 15 is 0 Å². The van der Waals surface area contributed by atoms with Gasteiger partial charge in [0, 0.05) is 41.4 Å². The van der Waals surface area contributed by atoms with Crippen molar-refractivity contribution in [2.45, 2.75) is 24.8 Å². The van der Waals surface area contributed by atoms with Crippen molar-refractivity contribution in [2.24, 2.45) is 0 Å². The number of thiophene rings is 1. The molecule has 0 unspecified atom stereocenters. The lowest BCUT2D eigenvalue weighted by Crippen LogP contribution is -2.53. The van der Waals surface area contributed by atoms with Gasteiger partial charge in [0.25, 0.3) is 0 Å². The number of ether oxygens (including phenoxy) is 1. The van der Waals surface area contributed by atoms with Gasteiger partial charge in [0.2, 0.25) is 10.0 Å². The molecule has 2 heterocycles. The minimum atomic E-state index is -3.86. The third kappa shape index (κ3) is 3.59. The van der Waals surface area contributed by atoms with Crippen LogP contribution in [0.2, 0.25) is 0 Å². The zero-order valence-corrected chi connectivity index (χ0v) is 18.8. The lowest BCUT2D eigenvalue weighted by Gasteiger charge is -2.40. The van der Waals surface area contributed by atoms with Gasteiger partial charge in [-0.1, -0.05) is 30.3 Å². The number of rotatable bonds is 4. The van der Waals surface area contributed by atoms with Crippen LogP contribution in [0.1, 0.15) is 22.2 Å². The Morgan fingerprint density at radius 2 is 1.90 bits per heavy atom. The average molecular weight is 445 g/mol. The maximum Gasteiger partial charge on any atom is 0.349 e. The molecule has 4 rings (SSSR count). The van der Waals surface area contributed by atoms with E-state index < -0.39 is 16.0 Å². The second-order valence-corrected chi connectivity index (χ2v) is 10.4. The summed E-state index contributed by atoms with van der Waals surface area (Å²) in [6.45, 7) is 5.35. The number of sulfonamides is 1. The van der Waals surface area contributed by atoms with Crippen molar-refractivity contribution < 1.29 is 17.9 Å². The Bertz CT molecular complexity index is 1200. The lowest BCUT2D eigenvalue weighted by molar-refractivity contribution is 0.0602. The van der Waals surface area contributed by atoms with Gasteiger partial charge in [-0.05, 0) is 37.6 Å². The van der Waals surface area contributed by atoms with E-state index in [4.69, 9.17) is 4.74 Å². The summed E-state index contributed by atoms with van der Waals surface area (Å²) >= 11 is 1.16. The summed E-state index contributed by atoms with van der Waals surface area (Å²) in [4.78, 5) is 14.8. The molecule has 8 heteroatoms. The summed E-state index contributed by atoms with van der Waals surface area (Å²) in [6.07, 6.45) is 0. The van der Waals surface area contributed by atoms with Crippen LogP contribution in [0.15, 0.2) is 53.4 Å². The van der Waals surface area contributed by atoms with Crippen LogP contribution >= 0.6 is 11.3 Å². The van der Waals surface area contributed by atoms with Crippen molar-refractivity contribution in [1.82, 2.24) is 4.31 Å². The lowest BCUT2D eigenvalue weighted by atomic mass is 10.1. The molecule has 1 aliphatic rings. The number of aryl methyl sites for hydroxylation is 1. The van der Waals surface area contributed by atoms with E-state index in [0.29, 0.717) is 25.0 Å². The van der Waals surface area contributed by atoms with Crippen molar-refractivity contribution in [1.29, 1.82) is 0 Å². The Hall–Kier alpha value is -2.42. The first-order valence-electron chi connectivity index (χ1n) is 9.76. The van der Waals surface area contributed by atoms with Crippen molar-refractivity contribution in [3.63, 3.8) is 0 Å². The van der Waals surface area contributed by atoms with E-state index in [1.165, 1.54) is 17.0 Å². The summed E-state index contributed by atoms with van der Waals surface area (Å²) < 4.78 is 34.4. The van der Waals surface area contributed by atoms with Gasteiger partial charge in [0.1, 0.15) is 9.77 Å². The number of benzene rings is 2. The van der Waals surface area contributed by atoms with Gasteiger partial charge in [0.05, 0.1) is 7.11 Å². The maximum absolute atomic E-state index is 13.7. The van der Waals surface area contributed by atoms with Crippen LogP contribution in [0.4, 0.5) is 5.69 Å². The minimum Gasteiger partial charge on any atom is -0.465 e. The number of nitrogens with zero attached hydrogens (tertiary/aromatic N) is 2. The molecule has 0 saturated carbocycles. The van der Waals surface area contributed by atoms with E-state index in [9.17, 15) is 13.2 Å². The van der Waals surface area contributed by atoms with Crippen molar-refractivity contribution in [3.8, 4) is 0 Å². The topological polar surface area (TPSA) is 66.9 Å². The number of hydrogen-bond donors (Lipinski definition) is 0. The highest BCUT2D eigenvalue weighted by atomic mass is 32.2. The molecule has 0 spiro atoms. The predicted octanol–water partition coefficient (Wildman–Crippen LogP) is 3.90. The number of esters is 1. The van der Waals surface area contributed by atoms with Crippen LogP contribution < -0.4 is 4.90 Å². The number of carbonyl (C=O) groups is 1. The normalized spacial score (nSPS) is 18.0. The number of carbonyl (C=O) groups excluding carboxylic acids is 1. The largest absolute Gasteiger partial charge is 0.465 e. The van der Waals surface area contributed by atoms with Crippen molar-refractivity contribution in [3.05, 3.63) is 59.0 Å². The van der Waals surface area contributed by atoms with Gasteiger partial charge < -0.3 is 9.64 Å². The Morgan fingerprint density at radius 1 is 1.13 bits per heavy atom. The van der Waals surface area contributed by atoms with Gasteiger partial charge in [-0.15, -0.1) is 11.3 Å². The Morgan fingerprint density at radius 3 is 2.60 bits per heavy atom. The molecule has 0 N–H and O–H groups in total. The molecule has 158 valence electrons. The highest BCUT2D eigenvalue weighted by Gasteiger charge is 2.37. The molecule has 0 aliphatic carbocycles. The Labute approximate surface area is 180 Å². The van der Waals surface area contributed by atoms with Crippen LogP contribution in [0, 0.1) is 6.92 Å². The minimum absolute atomic E-state index is 0.00167. The fraction of sp³-hybridized carbons (Fsp3) is 0.318. The van der Waals surface area contributed by atoms with Gasteiger partial charge in [-0.25, -0.2) is 13.2 Å². The zero-order chi connectivity index (χ0) is 21.5. The van der Waals surface area contributed by atoms with E-state index in [2.05, 4.69) is 17.0 Å². The summed E-state index contributed by atoms with van der Waals surface area (Å²) in [5.74, 6) is -0.624. The maximum atomic E-state index is 13.7. The molecule has 30 heavy (non-hydrogen) atoms. The van der Waals surface area contributed by atoms with Crippen LogP contribution in [0.25, 0.3) is 10.1 Å². The molecule has 1 fully saturated rings. The second kappa shape index (κ2) is 8.02. The summed E-state index contributed by atoms with van der Waals surface area (Å²) in [5.41, 5.74) is 2.26. The average Bonchev–Trinajstić information content (AvgIpc) is 3.13. The fourth-order valence-corrected chi connectivity index (χ4v) is 7.25. The van der Waals surface area contributed by atoms with Gasteiger partial charge in [0.15, 0.2) is 0 Å². The Balaban J connectivity index is 1.69. The molecule has 0 radical (unpaired) electrons. The smallest absolute Gasteiger partial charge is 0.349 e. The van der Waals surface area contributed by atoms with Crippen molar-refractivity contribution in [2.75, 3.05) is 31.6 Å². The van der Waals surface area contributed by atoms with E-state index in [1.54, 1.807) is 12.1 Å². The first kappa shape index (κ1) is 20.8. The van der Waals surface area contributed by atoms with Gasteiger partial charge >= 0.3 is 5.97 Å². The highest BCUT2D eigenvalue weighted by Crippen LogP contribution is 2.37. The van der Waals surface area contributed by atoms with E-state index in [0.717, 1.165) is 21.7 Å². The van der Waals surface area contributed by atoms with Crippen LogP contribution in [-0.2, 0) is 14.8 Å². The summed E-state index contributed by atoms with van der Waals surface area (Å²) in [6, 6.07) is 15.4. The Kier molecular flexibility index (Phi) is 5.57.